The third-order valence-corrected chi connectivity index (χ3v) is 7.36. The maximum absolute atomic E-state index is 14.5. The van der Waals surface area contributed by atoms with Gasteiger partial charge in [0.25, 0.3) is 5.91 Å². The second-order valence-corrected chi connectivity index (χ2v) is 11.0. The van der Waals surface area contributed by atoms with Crippen LogP contribution >= 0.6 is 11.6 Å². The summed E-state index contributed by atoms with van der Waals surface area (Å²) in [5.74, 6) is -3.29. The average Bonchev–Trinajstić information content (AvgIpc) is 3.54. The number of carbonyl (C=O) groups is 2. The van der Waals surface area contributed by atoms with Crippen LogP contribution in [0.25, 0.3) is 0 Å². The molecule has 2 aromatic rings. The maximum atomic E-state index is 14.5. The number of benzene rings is 1. The Kier molecular flexibility index (Phi) is 6.61. The normalized spacial score (nSPS) is 21.4. The molecule has 1 aliphatic carbocycles. The van der Waals surface area contributed by atoms with Crippen LogP contribution in [-0.4, -0.2) is 55.1 Å². The van der Waals surface area contributed by atoms with Crippen molar-refractivity contribution in [2.45, 2.75) is 42.4 Å². The molecule has 182 valence electrons. The number of aromatic nitrogens is 1. The number of halogens is 4. The maximum Gasteiger partial charge on any atom is 0.273 e. The van der Waals surface area contributed by atoms with Gasteiger partial charge in [-0.3, -0.25) is 14.6 Å². The van der Waals surface area contributed by atoms with Crippen LogP contribution in [0.5, 0.6) is 0 Å². The number of nitrogens with one attached hydrogen (secondary N) is 1. The first-order chi connectivity index (χ1) is 16.0. The minimum atomic E-state index is -3.62. The van der Waals surface area contributed by atoms with Crippen LogP contribution in [0.2, 0.25) is 5.02 Å². The Hall–Kier alpha value is -2.66. The third-order valence-electron chi connectivity index (χ3n) is 5.96. The summed E-state index contributed by atoms with van der Waals surface area (Å²) in [6.45, 7) is -0.389. The smallest absolute Gasteiger partial charge is 0.273 e. The molecule has 2 amide bonds. The fraction of sp³-hybridized carbons (Fsp3) is 0.409. The van der Waals surface area contributed by atoms with Crippen molar-refractivity contribution < 1.29 is 31.2 Å². The summed E-state index contributed by atoms with van der Waals surface area (Å²) in [6.07, 6.45) is 1.67. The number of rotatable bonds is 6. The van der Waals surface area contributed by atoms with E-state index in [2.05, 4.69) is 10.3 Å². The molecule has 1 aromatic heterocycles. The molecule has 0 spiro atoms. The molecule has 12 heteroatoms. The van der Waals surface area contributed by atoms with Crippen LogP contribution < -0.4 is 5.32 Å². The minimum Gasteiger partial charge on any atom is -0.347 e. The van der Waals surface area contributed by atoms with Gasteiger partial charge in [-0.15, -0.1) is 0 Å². The summed E-state index contributed by atoms with van der Waals surface area (Å²) >= 11 is 5.63. The second kappa shape index (κ2) is 9.18. The van der Waals surface area contributed by atoms with Gasteiger partial charge in [-0.2, -0.15) is 0 Å². The number of nitrogens with zero attached hydrogens (tertiary/aromatic N) is 2. The molecule has 2 heterocycles. The molecule has 4 rings (SSSR count). The van der Waals surface area contributed by atoms with E-state index in [9.17, 15) is 31.2 Å². The standard InChI is InChI=1S/C22H21ClF3N3O4S/c1-34(32,33)13-4-5-27-18(7-13)22(31)29-10-12(24)6-19(29)21(30)28-20(11-2-3-11)14-8-17(26)15(23)9-16(14)25/h4-5,7-9,11-12,19-20H,2-3,6,10H2,1H3,(H,28,30)/t12-,19+,20+/m0/s1. The van der Waals surface area contributed by atoms with Crippen molar-refractivity contribution in [3.63, 3.8) is 0 Å². The van der Waals surface area contributed by atoms with Crippen LogP contribution in [0, 0.1) is 17.6 Å². The lowest BCUT2D eigenvalue weighted by atomic mass is 10.0. The SMILES string of the molecule is CS(=O)(=O)c1ccnc(C(=O)N2C[C@@H](F)C[C@@H]2C(=O)N[C@@H](c2cc(F)c(Cl)cc2F)C2CC2)c1. The molecule has 34 heavy (non-hydrogen) atoms. The van der Waals surface area contributed by atoms with Crippen LogP contribution in [-0.2, 0) is 14.6 Å². The zero-order valence-corrected chi connectivity index (χ0v) is 19.5. The van der Waals surface area contributed by atoms with E-state index in [0.29, 0.717) is 12.8 Å². The van der Waals surface area contributed by atoms with E-state index in [1.165, 1.54) is 6.07 Å². The summed E-state index contributed by atoms with van der Waals surface area (Å²) < 4.78 is 66.5. The molecule has 1 saturated carbocycles. The minimum absolute atomic E-state index is 0.0760. The fourth-order valence-electron chi connectivity index (χ4n) is 4.07. The molecule has 2 aliphatic rings. The van der Waals surface area contributed by atoms with E-state index in [1.54, 1.807) is 0 Å². The molecule has 7 nitrogen and oxygen atoms in total. The average molecular weight is 516 g/mol. The van der Waals surface area contributed by atoms with Crippen molar-refractivity contribution in [2.75, 3.05) is 12.8 Å². The zero-order valence-electron chi connectivity index (χ0n) is 18.0. The number of hydrogen-bond donors (Lipinski definition) is 1. The Bertz CT molecular complexity index is 1260. The number of pyridine rings is 1. The molecule has 0 unspecified atom stereocenters. The van der Waals surface area contributed by atoms with E-state index in [-0.39, 0.29) is 35.0 Å². The van der Waals surface area contributed by atoms with Crippen LogP contribution in [0.1, 0.15) is 41.4 Å². The van der Waals surface area contributed by atoms with E-state index < -0.39 is 56.6 Å². The summed E-state index contributed by atoms with van der Waals surface area (Å²) in [5, 5.41) is 2.26. The fourth-order valence-corrected chi connectivity index (χ4v) is 4.85. The van der Waals surface area contributed by atoms with Crippen molar-refractivity contribution in [3.8, 4) is 0 Å². The topological polar surface area (TPSA) is 96.4 Å². The number of hydrogen-bond acceptors (Lipinski definition) is 5. The van der Waals surface area contributed by atoms with Gasteiger partial charge in [-0.25, -0.2) is 21.6 Å². The highest BCUT2D eigenvalue weighted by Gasteiger charge is 2.43. The molecule has 0 bridgehead atoms. The van der Waals surface area contributed by atoms with Crippen molar-refractivity contribution in [1.29, 1.82) is 0 Å². The predicted octanol–water partition coefficient (Wildman–Crippen LogP) is 3.24. The Morgan fingerprint density at radius 2 is 1.91 bits per heavy atom. The number of alkyl halides is 1. The van der Waals surface area contributed by atoms with E-state index in [0.717, 1.165) is 35.6 Å². The van der Waals surface area contributed by atoms with E-state index in [1.807, 2.05) is 0 Å². The lowest BCUT2D eigenvalue weighted by Crippen LogP contribution is -2.47. The van der Waals surface area contributed by atoms with E-state index >= 15 is 0 Å². The molecular weight excluding hydrogens is 495 g/mol. The van der Waals surface area contributed by atoms with Gasteiger partial charge in [0.15, 0.2) is 9.84 Å². The van der Waals surface area contributed by atoms with Gasteiger partial charge in [0, 0.05) is 24.4 Å². The van der Waals surface area contributed by atoms with E-state index in [4.69, 9.17) is 11.6 Å². The molecule has 3 atom stereocenters. The van der Waals surface area contributed by atoms with Gasteiger partial charge in [0.2, 0.25) is 5.91 Å². The monoisotopic (exact) mass is 515 g/mol. The molecule has 1 aromatic carbocycles. The van der Waals surface area contributed by atoms with Gasteiger partial charge in [0.1, 0.15) is 29.5 Å². The molecule has 1 N–H and O–H groups in total. The first-order valence-corrected chi connectivity index (χ1v) is 12.8. The van der Waals surface area contributed by atoms with Crippen LogP contribution in [0.4, 0.5) is 13.2 Å². The lowest BCUT2D eigenvalue weighted by molar-refractivity contribution is -0.125. The third kappa shape index (κ3) is 5.05. The molecular formula is C22H21ClF3N3O4S. The Balaban J connectivity index is 1.58. The lowest BCUT2D eigenvalue weighted by Gasteiger charge is -2.27. The molecule has 2 fully saturated rings. The summed E-state index contributed by atoms with van der Waals surface area (Å²) in [6, 6.07) is 1.94. The number of carbonyl (C=O) groups excluding carboxylic acids is 2. The second-order valence-electron chi connectivity index (χ2n) is 8.57. The molecule has 0 radical (unpaired) electrons. The predicted molar refractivity (Wildman–Crippen MR) is 117 cm³/mol. The summed E-state index contributed by atoms with van der Waals surface area (Å²) in [4.78, 5) is 30.9. The van der Waals surface area contributed by atoms with Crippen molar-refractivity contribution in [1.82, 2.24) is 15.2 Å². The number of likely N-dealkylation sites (tertiary alicyclic amines) is 1. The van der Waals surface area contributed by atoms with Gasteiger partial charge in [-0.05, 0) is 43.0 Å². The van der Waals surface area contributed by atoms with Gasteiger partial charge in [-0.1, -0.05) is 11.6 Å². The number of amides is 2. The summed E-state index contributed by atoms with van der Waals surface area (Å²) in [5.41, 5.74) is -0.327. The van der Waals surface area contributed by atoms with Gasteiger partial charge >= 0.3 is 0 Å². The van der Waals surface area contributed by atoms with Crippen molar-refractivity contribution in [2.24, 2.45) is 5.92 Å². The Morgan fingerprint density at radius 1 is 1.21 bits per heavy atom. The molecule has 1 aliphatic heterocycles. The quantitative estimate of drug-likeness (QED) is 0.596. The van der Waals surface area contributed by atoms with Gasteiger partial charge < -0.3 is 10.2 Å². The van der Waals surface area contributed by atoms with Gasteiger partial charge in [0.05, 0.1) is 22.5 Å². The molecule has 1 saturated heterocycles. The van der Waals surface area contributed by atoms with Crippen molar-refractivity contribution >= 4 is 33.3 Å². The van der Waals surface area contributed by atoms with Crippen LogP contribution in [0.15, 0.2) is 35.4 Å². The zero-order chi connectivity index (χ0) is 24.8. The Labute approximate surface area is 199 Å². The number of sulfone groups is 1. The highest BCUT2D eigenvalue weighted by molar-refractivity contribution is 7.90. The highest BCUT2D eigenvalue weighted by atomic mass is 35.5. The van der Waals surface area contributed by atoms with Crippen molar-refractivity contribution in [3.05, 3.63) is 58.4 Å². The summed E-state index contributed by atoms with van der Waals surface area (Å²) in [7, 11) is -3.62. The highest BCUT2D eigenvalue weighted by Crippen LogP contribution is 2.42. The first-order valence-electron chi connectivity index (χ1n) is 10.5. The Morgan fingerprint density at radius 3 is 2.56 bits per heavy atom. The largest absolute Gasteiger partial charge is 0.347 e. The van der Waals surface area contributed by atoms with Crippen LogP contribution in [0.3, 0.4) is 0 Å². The first kappa shape index (κ1) is 24.5.